The molecule has 2 aliphatic rings. The first-order chi connectivity index (χ1) is 15.2. The van der Waals surface area contributed by atoms with Gasteiger partial charge in [-0.1, -0.05) is 31.0 Å². The van der Waals surface area contributed by atoms with Gasteiger partial charge in [-0.25, -0.2) is 4.39 Å². The number of hydrogen-bond donors (Lipinski definition) is 2. The minimum Gasteiger partial charge on any atom is -0.379 e. The van der Waals surface area contributed by atoms with Crippen molar-refractivity contribution < 1.29 is 22.4 Å². The zero-order chi connectivity index (χ0) is 22.9. The SMILES string of the molecule is NC1=N[C@@]2(c3cc(NC(=O)c4ccc(C(F)(F)F)cn4)ccc3F)CCCCCC2CS1. The Balaban J connectivity index is 1.64. The van der Waals surface area contributed by atoms with Gasteiger partial charge < -0.3 is 11.1 Å². The van der Waals surface area contributed by atoms with Crippen LogP contribution in [-0.2, 0) is 11.7 Å². The summed E-state index contributed by atoms with van der Waals surface area (Å²) in [5, 5.41) is 3.03. The highest BCUT2D eigenvalue weighted by molar-refractivity contribution is 8.13. The number of pyridine rings is 1. The molecular weight excluding hydrogens is 444 g/mol. The van der Waals surface area contributed by atoms with E-state index in [2.05, 4.69) is 10.3 Å². The fraction of sp³-hybridized carbons (Fsp3) is 0.409. The summed E-state index contributed by atoms with van der Waals surface area (Å²) in [6.45, 7) is 0. The van der Waals surface area contributed by atoms with Crippen molar-refractivity contribution in [2.45, 2.75) is 43.8 Å². The second-order valence-corrected chi connectivity index (χ2v) is 9.10. The van der Waals surface area contributed by atoms with Crippen LogP contribution in [0.15, 0.2) is 41.5 Å². The Hall–Kier alpha value is -2.62. The number of rotatable bonds is 3. The molecule has 1 aliphatic carbocycles. The van der Waals surface area contributed by atoms with Crippen LogP contribution in [0.1, 0.15) is 53.7 Å². The zero-order valence-electron chi connectivity index (χ0n) is 17.1. The van der Waals surface area contributed by atoms with Crippen molar-refractivity contribution in [1.82, 2.24) is 4.98 Å². The Morgan fingerprint density at radius 1 is 1.19 bits per heavy atom. The molecule has 2 atom stereocenters. The van der Waals surface area contributed by atoms with E-state index >= 15 is 4.39 Å². The summed E-state index contributed by atoms with van der Waals surface area (Å²) in [6.07, 6.45) is 0.614. The maximum atomic E-state index is 15.0. The lowest BCUT2D eigenvalue weighted by atomic mass is 9.75. The molecule has 1 aromatic carbocycles. The maximum absolute atomic E-state index is 15.0. The lowest BCUT2D eigenvalue weighted by Crippen LogP contribution is -2.40. The van der Waals surface area contributed by atoms with Crippen molar-refractivity contribution in [3.8, 4) is 0 Å². The van der Waals surface area contributed by atoms with E-state index in [0.717, 1.165) is 43.6 Å². The number of carbonyl (C=O) groups is 1. The number of aliphatic imine (C=N–C) groups is 1. The van der Waals surface area contributed by atoms with E-state index in [9.17, 15) is 18.0 Å². The summed E-state index contributed by atoms with van der Waals surface area (Å²) >= 11 is 1.47. The Kier molecular flexibility index (Phi) is 6.15. The van der Waals surface area contributed by atoms with Crippen molar-refractivity contribution in [1.29, 1.82) is 0 Å². The van der Waals surface area contributed by atoms with Crippen molar-refractivity contribution in [3.05, 3.63) is 59.2 Å². The van der Waals surface area contributed by atoms with Gasteiger partial charge in [-0.3, -0.25) is 14.8 Å². The summed E-state index contributed by atoms with van der Waals surface area (Å²) in [5.41, 5.74) is 4.83. The Labute approximate surface area is 186 Å². The molecule has 1 unspecified atom stereocenters. The third kappa shape index (κ3) is 4.46. The number of amides is 1. The van der Waals surface area contributed by atoms with Gasteiger partial charge in [0.05, 0.1) is 11.1 Å². The summed E-state index contributed by atoms with van der Waals surface area (Å²) < 4.78 is 53.2. The van der Waals surface area contributed by atoms with Gasteiger partial charge in [0, 0.05) is 23.2 Å². The van der Waals surface area contributed by atoms with Crippen molar-refractivity contribution in [2.75, 3.05) is 11.1 Å². The monoisotopic (exact) mass is 466 g/mol. The van der Waals surface area contributed by atoms with Crippen molar-refractivity contribution in [3.63, 3.8) is 0 Å². The molecule has 1 aliphatic heterocycles. The van der Waals surface area contributed by atoms with Crippen molar-refractivity contribution >= 4 is 28.5 Å². The highest BCUT2D eigenvalue weighted by Gasteiger charge is 2.45. The van der Waals surface area contributed by atoms with Crippen LogP contribution in [-0.4, -0.2) is 21.8 Å². The number of anilines is 1. The molecule has 10 heteroatoms. The molecule has 0 radical (unpaired) electrons. The number of amidine groups is 1. The predicted octanol–water partition coefficient (Wildman–Crippen LogP) is 5.33. The van der Waals surface area contributed by atoms with Crippen LogP contribution in [0.4, 0.5) is 23.2 Å². The Morgan fingerprint density at radius 2 is 2.00 bits per heavy atom. The Bertz CT molecular complexity index is 1040. The van der Waals surface area contributed by atoms with Gasteiger partial charge in [0.15, 0.2) is 5.17 Å². The summed E-state index contributed by atoms with van der Waals surface area (Å²) in [7, 11) is 0. The zero-order valence-corrected chi connectivity index (χ0v) is 17.9. The van der Waals surface area contributed by atoms with E-state index in [-0.39, 0.29) is 11.6 Å². The van der Waals surface area contributed by atoms with Gasteiger partial charge in [0.1, 0.15) is 11.5 Å². The van der Waals surface area contributed by atoms with E-state index in [0.29, 0.717) is 29.0 Å². The smallest absolute Gasteiger partial charge is 0.379 e. The minimum absolute atomic E-state index is 0.124. The molecule has 5 nitrogen and oxygen atoms in total. The molecule has 170 valence electrons. The van der Waals surface area contributed by atoms with Crippen LogP contribution in [0.3, 0.4) is 0 Å². The average molecular weight is 467 g/mol. The normalized spacial score (nSPS) is 23.6. The standard InChI is InChI=1S/C22H22F4N4OS/c23-17-7-6-15(29-19(31)18-8-5-13(11-28-18)22(24,25)26)10-16(17)21-9-3-1-2-4-14(21)12-32-20(27)30-21/h5-8,10-11,14H,1-4,9,12H2,(H2,27,30)(H,29,31)/t14?,21-/m0/s1. The van der Waals surface area contributed by atoms with Gasteiger partial charge in [-0.15, -0.1) is 0 Å². The quantitative estimate of drug-likeness (QED) is 0.600. The third-order valence-electron chi connectivity index (χ3n) is 6.04. The molecule has 1 saturated carbocycles. The fourth-order valence-corrected chi connectivity index (χ4v) is 5.47. The number of nitrogens with two attached hydrogens (primary N) is 1. The third-order valence-corrected chi connectivity index (χ3v) is 7.00. The number of thioether (sulfide) groups is 1. The molecule has 2 heterocycles. The summed E-state index contributed by atoms with van der Waals surface area (Å²) in [6, 6.07) is 6.04. The first-order valence-electron chi connectivity index (χ1n) is 10.3. The minimum atomic E-state index is -4.54. The van der Waals surface area contributed by atoms with Crippen molar-refractivity contribution in [2.24, 2.45) is 16.6 Å². The molecule has 32 heavy (non-hydrogen) atoms. The molecule has 0 saturated heterocycles. The summed E-state index contributed by atoms with van der Waals surface area (Å²) in [5.74, 6) is -0.236. The van der Waals surface area contributed by atoms with Crippen LogP contribution < -0.4 is 11.1 Å². The molecular formula is C22H22F4N4OS. The fourth-order valence-electron chi connectivity index (χ4n) is 4.43. The van der Waals surface area contributed by atoms with E-state index in [1.165, 1.54) is 23.9 Å². The highest BCUT2D eigenvalue weighted by atomic mass is 32.2. The topological polar surface area (TPSA) is 80.4 Å². The number of alkyl halides is 3. The average Bonchev–Trinajstić information content (AvgIpc) is 2.97. The molecule has 3 N–H and O–H groups in total. The first-order valence-corrected chi connectivity index (χ1v) is 11.3. The second kappa shape index (κ2) is 8.73. The number of nitrogens with one attached hydrogen (secondary N) is 1. The van der Waals surface area contributed by atoms with E-state index < -0.39 is 29.0 Å². The van der Waals surface area contributed by atoms with E-state index in [4.69, 9.17) is 10.7 Å². The van der Waals surface area contributed by atoms with Gasteiger partial charge in [0.25, 0.3) is 5.91 Å². The number of aromatic nitrogens is 1. The van der Waals surface area contributed by atoms with Gasteiger partial charge in [-0.2, -0.15) is 13.2 Å². The predicted molar refractivity (Wildman–Crippen MR) is 116 cm³/mol. The van der Waals surface area contributed by atoms with Crippen LogP contribution in [0, 0.1) is 11.7 Å². The molecule has 1 aromatic heterocycles. The van der Waals surface area contributed by atoms with Crippen LogP contribution in [0.25, 0.3) is 0 Å². The number of benzene rings is 1. The number of halogens is 4. The van der Waals surface area contributed by atoms with E-state index in [1.807, 2.05) is 0 Å². The van der Waals surface area contributed by atoms with E-state index in [1.54, 1.807) is 6.07 Å². The highest BCUT2D eigenvalue weighted by Crippen LogP contribution is 2.49. The van der Waals surface area contributed by atoms with Crippen LogP contribution >= 0.6 is 11.8 Å². The molecule has 4 rings (SSSR count). The number of carbonyl (C=O) groups excluding carboxylic acids is 1. The van der Waals surface area contributed by atoms with Gasteiger partial charge in [-0.05, 0) is 49.1 Å². The molecule has 1 amide bonds. The molecule has 0 bridgehead atoms. The first kappa shape index (κ1) is 22.6. The second-order valence-electron chi connectivity index (χ2n) is 8.06. The van der Waals surface area contributed by atoms with Crippen LogP contribution in [0.5, 0.6) is 0 Å². The Morgan fingerprint density at radius 3 is 2.72 bits per heavy atom. The van der Waals surface area contributed by atoms with Gasteiger partial charge in [0.2, 0.25) is 0 Å². The number of hydrogen-bond acceptors (Lipinski definition) is 5. The lowest BCUT2D eigenvalue weighted by molar-refractivity contribution is -0.137. The maximum Gasteiger partial charge on any atom is 0.417 e. The van der Waals surface area contributed by atoms with Gasteiger partial charge >= 0.3 is 6.18 Å². The lowest BCUT2D eigenvalue weighted by Gasteiger charge is -2.40. The molecule has 0 spiro atoms. The molecule has 2 aromatic rings. The number of nitrogens with zero attached hydrogens (tertiary/aromatic N) is 2. The van der Waals surface area contributed by atoms with Crippen LogP contribution in [0.2, 0.25) is 0 Å². The molecule has 1 fully saturated rings. The largest absolute Gasteiger partial charge is 0.417 e. The number of fused-ring (bicyclic) bond motifs is 1. The summed E-state index contributed by atoms with van der Waals surface area (Å²) in [4.78, 5) is 20.9.